The minimum Gasteiger partial charge on any atom is -0.361 e. The van der Waals surface area contributed by atoms with Crippen molar-refractivity contribution in [2.24, 2.45) is 5.92 Å². The number of hydrogen-bond acceptors (Lipinski definition) is 4. The SMILES string of the molecule is Cc1noc(C)c1CC(C)NC(=O)CNCC1CC1. The normalized spacial score (nSPS) is 16.4. The predicted octanol–water partition coefficient (Wildman–Crippen LogP) is 1.34. The molecule has 5 nitrogen and oxygen atoms in total. The van der Waals surface area contributed by atoms with Crippen molar-refractivity contribution in [3.63, 3.8) is 0 Å². The molecule has 1 heterocycles. The van der Waals surface area contributed by atoms with Gasteiger partial charge in [-0.1, -0.05) is 5.16 Å². The van der Waals surface area contributed by atoms with Crippen LogP contribution in [0.15, 0.2) is 4.52 Å². The fourth-order valence-electron chi connectivity index (χ4n) is 2.19. The zero-order valence-electron chi connectivity index (χ0n) is 12.0. The fraction of sp³-hybridized carbons (Fsp3) is 0.714. The van der Waals surface area contributed by atoms with Crippen LogP contribution >= 0.6 is 0 Å². The van der Waals surface area contributed by atoms with Crippen molar-refractivity contribution in [2.75, 3.05) is 13.1 Å². The summed E-state index contributed by atoms with van der Waals surface area (Å²) in [5.41, 5.74) is 2.00. The summed E-state index contributed by atoms with van der Waals surface area (Å²) in [5.74, 6) is 1.69. The van der Waals surface area contributed by atoms with E-state index in [9.17, 15) is 4.79 Å². The van der Waals surface area contributed by atoms with E-state index in [1.54, 1.807) is 0 Å². The molecule has 1 unspecified atom stereocenters. The molecule has 2 N–H and O–H groups in total. The maximum absolute atomic E-state index is 11.7. The Hall–Kier alpha value is -1.36. The lowest BCUT2D eigenvalue weighted by Crippen LogP contribution is -2.40. The van der Waals surface area contributed by atoms with E-state index in [2.05, 4.69) is 15.8 Å². The molecule has 0 saturated heterocycles. The van der Waals surface area contributed by atoms with Gasteiger partial charge in [-0.3, -0.25) is 4.79 Å². The second kappa shape index (κ2) is 6.19. The molecule has 19 heavy (non-hydrogen) atoms. The number of aromatic nitrogens is 1. The number of amides is 1. The van der Waals surface area contributed by atoms with Crippen molar-refractivity contribution in [3.8, 4) is 0 Å². The van der Waals surface area contributed by atoms with Gasteiger partial charge >= 0.3 is 0 Å². The van der Waals surface area contributed by atoms with Gasteiger partial charge in [0.1, 0.15) is 5.76 Å². The Labute approximate surface area is 114 Å². The largest absolute Gasteiger partial charge is 0.361 e. The van der Waals surface area contributed by atoms with Gasteiger partial charge in [-0.2, -0.15) is 0 Å². The molecule has 0 spiro atoms. The number of rotatable bonds is 7. The quantitative estimate of drug-likeness (QED) is 0.780. The molecule has 1 aromatic rings. The van der Waals surface area contributed by atoms with Crippen LogP contribution in [-0.2, 0) is 11.2 Å². The monoisotopic (exact) mass is 265 g/mol. The van der Waals surface area contributed by atoms with E-state index in [1.165, 1.54) is 12.8 Å². The second-order valence-electron chi connectivity index (χ2n) is 5.55. The smallest absolute Gasteiger partial charge is 0.234 e. The molecule has 1 aliphatic rings. The van der Waals surface area contributed by atoms with Crippen LogP contribution in [0.1, 0.15) is 36.8 Å². The standard InChI is InChI=1S/C14H23N3O2/c1-9(6-13-10(2)17-19-11(13)3)16-14(18)8-15-7-12-4-5-12/h9,12,15H,4-8H2,1-3H3,(H,16,18). The number of carbonyl (C=O) groups is 1. The van der Waals surface area contributed by atoms with Gasteiger partial charge in [0.15, 0.2) is 0 Å². The van der Waals surface area contributed by atoms with Crippen LogP contribution in [0.4, 0.5) is 0 Å². The summed E-state index contributed by atoms with van der Waals surface area (Å²) in [5, 5.41) is 10.1. The second-order valence-corrected chi connectivity index (χ2v) is 5.55. The van der Waals surface area contributed by atoms with Gasteiger partial charge in [0, 0.05) is 11.6 Å². The van der Waals surface area contributed by atoms with E-state index in [0.29, 0.717) is 6.54 Å². The third-order valence-corrected chi connectivity index (χ3v) is 3.51. The summed E-state index contributed by atoms with van der Waals surface area (Å²) in [6, 6.07) is 0.0898. The van der Waals surface area contributed by atoms with Crippen LogP contribution in [0.25, 0.3) is 0 Å². The molecular formula is C14H23N3O2. The van der Waals surface area contributed by atoms with Crippen molar-refractivity contribution in [2.45, 2.75) is 46.1 Å². The van der Waals surface area contributed by atoms with Crippen LogP contribution < -0.4 is 10.6 Å². The van der Waals surface area contributed by atoms with E-state index in [1.807, 2.05) is 20.8 Å². The summed E-state index contributed by atoms with van der Waals surface area (Å²) in [7, 11) is 0. The van der Waals surface area contributed by atoms with Gasteiger partial charge in [0.2, 0.25) is 5.91 Å². The van der Waals surface area contributed by atoms with Crippen LogP contribution in [0.3, 0.4) is 0 Å². The fourth-order valence-corrected chi connectivity index (χ4v) is 2.19. The minimum atomic E-state index is 0.0555. The predicted molar refractivity (Wildman–Crippen MR) is 72.9 cm³/mol. The topological polar surface area (TPSA) is 67.2 Å². The Balaban J connectivity index is 1.70. The maximum atomic E-state index is 11.7. The summed E-state index contributed by atoms with van der Waals surface area (Å²) in [6.45, 7) is 7.21. The van der Waals surface area contributed by atoms with E-state index in [0.717, 1.165) is 35.9 Å². The van der Waals surface area contributed by atoms with E-state index >= 15 is 0 Å². The lowest BCUT2D eigenvalue weighted by atomic mass is 10.1. The molecule has 0 radical (unpaired) electrons. The third-order valence-electron chi connectivity index (χ3n) is 3.51. The number of carbonyl (C=O) groups excluding carboxylic acids is 1. The minimum absolute atomic E-state index is 0.0555. The molecule has 1 atom stereocenters. The molecule has 106 valence electrons. The molecular weight excluding hydrogens is 242 g/mol. The Morgan fingerprint density at radius 1 is 1.47 bits per heavy atom. The van der Waals surface area contributed by atoms with Crippen molar-refractivity contribution in [1.29, 1.82) is 0 Å². The summed E-state index contributed by atoms with van der Waals surface area (Å²) < 4.78 is 5.12. The zero-order chi connectivity index (χ0) is 13.8. The highest BCUT2D eigenvalue weighted by atomic mass is 16.5. The molecule has 2 rings (SSSR count). The first kappa shape index (κ1) is 14.1. The lowest BCUT2D eigenvalue weighted by Gasteiger charge is -2.14. The first-order valence-electron chi connectivity index (χ1n) is 6.98. The van der Waals surface area contributed by atoms with Gasteiger partial charge in [-0.25, -0.2) is 0 Å². The van der Waals surface area contributed by atoms with Crippen molar-refractivity contribution in [1.82, 2.24) is 15.8 Å². The summed E-state index contributed by atoms with van der Waals surface area (Å²) in [4.78, 5) is 11.7. The van der Waals surface area contributed by atoms with Gasteiger partial charge < -0.3 is 15.2 Å². The Kier molecular flexibility index (Phi) is 4.58. The van der Waals surface area contributed by atoms with E-state index < -0.39 is 0 Å². The molecule has 1 aromatic heterocycles. The average Bonchev–Trinajstić information content (AvgIpc) is 3.11. The van der Waals surface area contributed by atoms with Crippen molar-refractivity contribution in [3.05, 3.63) is 17.0 Å². The molecule has 5 heteroatoms. The van der Waals surface area contributed by atoms with Crippen LogP contribution in [0.2, 0.25) is 0 Å². The number of aryl methyl sites for hydroxylation is 2. The van der Waals surface area contributed by atoms with Crippen LogP contribution in [0.5, 0.6) is 0 Å². The molecule has 1 amide bonds. The third kappa shape index (κ3) is 4.35. The number of nitrogens with zero attached hydrogens (tertiary/aromatic N) is 1. The highest BCUT2D eigenvalue weighted by Crippen LogP contribution is 2.27. The first-order chi connectivity index (χ1) is 9.06. The van der Waals surface area contributed by atoms with Gasteiger partial charge in [0.25, 0.3) is 0 Å². The van der Waals surface area contributed by atoms with Crippen molar-refractivity contribution < 1.29 is 9.32 Å². The van der Waals surface area contributed by atoms with Gasteiger partial charge in [-0.15, -0.1) is 0 Å². The van der Waals surface area contributed by atoms with E-state index in [-0.39, 0.29) is 11.9 Å². The highest BCUT2D eigenvalue weighted by Gasteiger charge is 2.21. The molecule has 1 aliphatic carbocycles. The van der Waals surface area contributed by atoms with Crippen molar-refractivity contribution >= 4 is 5.91 Å². The Morgan fingerprint density at radius 3 is 2.79 bits per heavy atom. The molecule has 0 bridgehead atoms. The summed E-state index contributed by atoms with van der Waals surface area (Å²) >= 11 is 0. The lowest BCUT2D eigenvalue weighted by molar-refractivity contribution is -0.120. The first-order valence-corrected chi connectivity index (χ1v) is 6.98. The average molecular weight is 265 g/mol. The van der Waals surface area contributed by atoms with Gasteiger partial charge in [-0.05, 0) is 52.5 Å². The highest BCUT2D eigenvalue weighted by molar-refractivity contribution is 5.78. The zero-order valence-corrected chi connectivity index (χ0v) is 12.0. The Bertz CT molecular complexity index is 418. The van der Waals surface area contributed by atoms with Gasteiger partial charge in [0.05, 0.1) is 12.2 Å². The van der Waals surface area contributed by atoms with Crippen LogP contribution in [0, 0.1) is 19.8 Å². The van der Waals surface area contributed by atoms with Crippen LogP contribution in [-0.4, -0.2) is 30.2 Å². The maximum Gasteiger partial charge on any atom is 0.234 e. The molecule has 1 fully saturated rings. The number of nitrogens with one attached hydrogen (secondary N) is 2. The summed E-state index contributed by atoms with van der Waals surface area (Å²) in [6.07, 6.45) is 3.36. The number of hydrogen-bond donors (Lipinski definition) is 2. The molecule has 0 aliphatic heterocycles. The Morgan fingerprint density at radius 2 is 2.21 bits per heavy atom. The van der Waals surface area contributed by atoms with E-state index in [4.69, 9.17) is 4.52 Å². The molecule has 1 saturated carbocycles. The molecule has 0 aromatic carbocycles.